The van der Waals surface area contributed by atoms with Gasteiger partial charge >= 0.3 is 11.9 Å². The van der Waals surface area contributed by atoms with E-state index in [1.165, 1.54) is 13.2 Å². The monoisotopic (exact) mass is 265 g/mol. The minimum absolute atomic E-state index is 0.288. The van der Waals surface area contributed by atoms with Crippen LogP contribution in [0.4, 0.5) is 5.69 Å². The number of likely N-dealkylation sites (N-methyl/N-ethyl adjacent to an activating group) is 1. The third kappa shape index (κ3) is 2.47. The average Bonchev–Trinajstić information content (AvgIpc) is 2.44. The fourth-order valence-electron chi connectivity index (χ4n) is 2.03. The smallest absolute Gasteiger partial charge is 0.346 e. The molecule has 0 radical (unpaired) electrons. The quantitative estimate of drug-likeness (QED) is 0.826. The van der Waals surface area contributed by atoms with Gasteiger partial charge in [-0.15, -0.1) is 0 Å². The van der Waals surface area contributed by atoms with Crippen molar-refractivity contribution in [1.82, 2.24) is 0 Å². The van der Waals surface area contributed by atoms with Crippen LogP contribution < -0.4 is 9.64 Å². The van der Waals surface area contributed by atoms with Crippen LogP contribution in [0.25, 0.3) is 0 Å². The molecule has 1 N–H and O–H groups in total. The fraction of sp³-hybridized carbons (Fsp3) is 0.385. The third-order valence-corrected chi connectivity index (χ3v) is 3.03. The second-order valence-electron chi connectivity index (χ2n) is 4.16. The van der Waals surface area contributed by atoms with E-state index in [1.54, 1.807) is 12.1 Å². The molecule has 6 nitrogen and oxygen atoms in total. The lowest BCUT2D eigenvalue weighted by Gasteiger charge is -2.33. The molecule has 1 aromatic rings. The van der Waals surface area contributed by atoms with Crippen molar-refractivity contribution >= 4 is 17.6 Å². The zero-order valence-electron chi connectivity index (χ0n) is 10.8. The first-order chi connectivity index (χ1) is 9.06. The van der Waals surface area contributed by atoms with Crippen molar-refractivity contribution in [2.45, 2.75) is 13.0 Å². The summed E-state index contributed by atoms with van der Waals surface area (Å²) in [5.74, 6) is -1.11. The second-order valence-corrected chi connectivity index (χ2v) is 4.16. The number of methoxy groups -OCH3 is 1. The molecule has 1 aliphatic rings. The number of hydrogen-bond donors (Lipinski definition) is 1. The van der Waals surface area contributed by atoms with Gasteiger partial charge in [-0.25, -0.2) is 9.59 Å². The second kappa shape index (κ2) is 5.17. The molecule has 19 heavy (non-hydrogen) atoms. The SMILES string of the molecule is CCN1CC(C(=O)O)Oc2cc(C(=O)OC)ccc21. The molecule has 1 aliphatic heterocycles. The molecule has 0 spiro atoms. The number of benzene rings is 1. The van der Waals surface area contributed by atoms with E-state index in [1.807, 2.05) is 11.8 Å². The average molecular weight is 265 g/mol. The number of ether oxygens (including phenoxy) is 2. The highest BCUT2D eigenvalue weighted by atomic mass is 16.5. The van der Waals surface area contributed by atoms with E-state index in [9.17, 15) is 9.59 Å². The standard InChI is InChI=1S/C13H15NO5/c1-3-14-7-11(12(15)16)19-10-6-8(13(17)18-2)4-5-9(10)14/h4-6,11H,3,7H2,1-2H3,(H,15,16). The van der Waals surface area contributed by atoms with Crippen molar-refractivity contribution in [2.75, 3.05) is 25.1 Å². The van der Waals surface area contributed by atoms with Gasteiger partial charge in [-0.3, -0.25) is 0 Å². The molecule has 0 saturated heterocycles. The summed E-state index contributed by atoms with van der Waals surface area (Å²) < 4.78 is 10.0. The molecule has 1 unspecified atom stereocenters. The highest BCUT2D eigenvalue weighted by Crippen LogP contribution is 2.34. The number of hydrogen-bond acceptors (Lipinski definition) is 5. The number of anilines is 1. The Bertz CT molecular complexity index is 514. The molecule has 102 valence electrons. The molecule has 0 aliphatic carbocycles. The fourth-order valence-corrected chi connectivity index (χ4v) is 2.03. The van der Waals surface area contributed by atoms with Gasteiger partial charge in [-0.05, 0) is 25.1 Å². The number of carboxylic acids is 1. The summed E-state index contributed by atoms with van der Waals surface area (Å²) in [6.45, 7) is 2.89. The predicted octanol–water partition coefficient (Wildman–Crippen LogP) is 1.15. The lowest BCUT2D eigenvalue weighted by Crippen LogP contribution is -2.44. The van der Waals surface area contributed by atoms with Gasteiger partial charge in [0.2, 0.25) is 6.10 Å². The van der Waals surface area contributed by atoms with Crippen LogP contribution >= 0.6 is 0 Å². The summed E-state index contributed by atoms with van der Waals surface area (Å²) in [5, 5.41) is 9.06. The molecule has 0 fully saturated rings. The number of carboxylic acid groups (broad SMARTS) is 1. The van der Waals surface area contributed by atoms with Crippen LogP contribution in [0.2, 0.25) is 0 Å². The molecule has 1 heterocycles. The zero-order valence-corrected chi connectivity index (χ0v) is 10.8. The van der Waals surface area contributed by atoms with E-state index in [0.717, 1.165) is 5.69 Å². The molecular weight excluding hydrogens is 250 g/mol. The van der Waals surface area contributed by atoms with Crippen molar-refractivity contribution < 1.29 is 24.2 Å². The first-order valence-electron chi connectivity index (χ1n) is 5.93. The molecule has 6 heteroatoms. The van der Waals surface area contributed by atoms with E-state index in [0.29, 0.717) is 17.9 Å². The Morgan fingerprint density at radius 2 is 2.26 bits per heavy atom. The highest BCUT2D eigenvalue weighted by Gasteiger charge is 2.30. The molecule has 1 atom stereocenters. The van der Waals surface area contributed by atoms with Gasteiger partial charge in [0.05, 0.1) is 24.9 Å². The van der Waals surface area contributed by atoms with Crippen LogP contribution in [0.3, 0.4) is 0 Å². The summed E-state index contributed by atoms with van der Waals surface area (Å²) in [6, 6.07) is 4.89. The Morgan fingerprint density at radius 3 is 2.84 bits per heavy atom. The van der Waals surface area contributed by atoms with Crippen LogP contribution in [0.5, 0.6) is 5.75 Å². The molecule has 0 saturated carbocycles. The van der Waals surface area contributed by atoms with E-state index in [4.69, 9.17) is 9.84 Å². The normalized spacial score (nSPS) is 17.4. The lowest BCUT2D eigenvalue weighted by atomic mass is 10.1. The van der Waals surface area contributed by atoms with Gasteiger partial charge in [0.15, 0.2) is 0 Å². The van der Waals surface area contributed by atoms with E-state index >= 15 is 0 Å². The molecule has 2 rings (SSSR count). The maximum atomic E-state index is 11.5. The van der Waals surface area contributed by atoms with E-state index < -0.39 is 18.0 Å². The number of carbonyl (C=O) groups excluding carboxylic acids is 1. The maximum Gasteiger partial charge on any atom is 0.346 e. The van der Waals surface area contributed by atoms with Crippen molar-refractivity contribution in [1.29, 1.82) is 0 Å². The van der Waals surface area contributed by atoms with Crippen LogP contribution in [0, 0.1) is 0 Å². The van der Waals surface area contributed by atoms with Gasteiger partial charge < -0.3 is 19.5 Å². The molecular formula is C13H15NO5. The molecule has 0 aromatic heterocycles. The number of nitrogens with zero attached hydrogens (tertiary/aromatic N) is 1. The molecule has 0 bridgehead atoms. The lowest BCUT2D eigenvalue weighted by molar-refractivity contribution is -0.144. The Kier molecular flexibility index (Phi) is 3.59. The van der Waals surface area contributed by atoms with Gasteiger partial charge in [-0.2, -0.15) is 0 Å². The van der Waals surface area contributed by atoms with E-state index in [2.05, 4.69) is 4.74 Å². The molecule has 1 aromatic carbocycles. The third-order valence-electron chi connectivity index (χ3n) is 3.03. The topological polar surface area (TPSA) is 76.1 Å². The van der Waals surface area contributed by atoms with Crippen molar-refractivity contribution in [3.8, 4) is 5.75 Å². The van der Waals surface area contributed by atoms with Crippen LogP contribution in [0.15, 0.2) is 18.2 Å². The summed E-state index contributed by atoms with van der Waals surface area (Å²) in [4.78, 5) is 24.4. The van der Waals surface area contributed by atoms with Crippen LogP contribution in [-0.2, 0) is 9.53 Å². The number of fused-ring (bicyclic) bond motifs is 1. The van der Waals surface area contributed by atoms with Crippen LogP contribution in [0.1, 0.15) is 17.3 Å². The summed E-state index contributed by atoms with van der Waals surface area (Å²) in [5.41, 5.74) is 1.12. The van der Waals surface area contributed by atoms with Crippen molar-refractivity contribution in [2.24, 2.45) is 0 Å². The van der Waals surface area contributed by atoms with Gasteiger partial charge in [-0.1, -0.05) is 0 Å². The first-order valence-corrected chi connectivity index (χ1v) is 5.93. The van der Waals surface area contributed by atoms with Gasteiger partial charge in [0.25, 0.3) is 0 Å². The Balaban J connectivity index is 2.39. The van der Waals surface area contributed by atoms with Gasteiger partial charge in [0, 0.05) is 6.54 Å². The molecule has 0 amide bonds. The Morgan fingerprint density at radius 1 is 1.53 bits per heavy atom. The largest absolute Gasteiger partial charge is 0.478 e. The summed E-state index contributed by atoms with van der Waals surface area (Å²) in [6.07, 6.45) is -0.930. The predicted molar refractivity (Wildman–Crippen MR) is 67.7 cm³/mol. The number of esters is 1. The summed E-state index contributed by atoms with van der Waals surface area (Å²) in [7, 11) is 1.29. The summed E-state index contributed by atoms with van der Waals surface area (Å²) >= 11 is 0. The minimum Gasteiger partial charge on any atom is -0.478 e. The number of carbonyl (C=O) groups is 2. The number of aliphatic carboxylic acids is 1. The number of rotatable bonds is 3. The zero-order chi connectivity index (χ0) is 14.0. The van der Waals surface area contributed by atoms with Gasteiger partial charge in [0.1, 0.15) is 5.75 Å². The van der Waals surface area contributed by atoms with Crippen LogP contribution in [-0.4, -0.2) is 43.3 Å². The maximum absolute atomic E-state index is 11.5. The van der Waals surface area contributed by atoms with E-state index in [-0.39, 0.29) is 6.54 Å². The first kappa shape index (κ1) is 13.2. The van der Waals surface area contributed by atoms with Crippen molar-refractivity contribution in [3.63, 3.8) is 0 Å². The highest BCUT2D eigenvalue weighted by molar-refractivity contribution is 5.91. The minimum atomic E-state index is -1.02. The Labute approximate surface area is 110 Å². The van der Waals surface area contributed by atoms with Crippen molar-refractivity contribution in [3.05, 3.63) is 23.8 Å². The Hall–Kier alpha value is -2.24.